The van der Waals surface area contributed by atoms with Crippen molar-refractivity contribution in [1.82, 2.24) is 9.88 Å². The van der Waals surface area contributed by atoms with Crippen LogP contribution in [0, 0.1) is 17.2 Å². The van der Waals surface area contributed by atoms with Crippen molar-refractivity contribution in [3.8, 4) is 6.07 Å². The molecule has 2 amide bonds. The highest BCUT2D eigenvalue weighted by Gasteiger charge is 2.54. The molecule has 3 aliphatic rings. The lowest BCUT2D eigenvalue weighted by Gasteiger charge is -2.22. The van der Waals surface area contributed by atoms with Gasteiger partial charge in [-0.25, -0.2) is 0 Å². The van der Waals surface area contributed by atoms with Gasteiger partial charge in [-0.3, -0.25) is 14.6 Å². The highest BCUT2D eigenvalue weighted by molar-refractivity contribution is 6.05. The summed E-state index contributed by atoms with van der Waals surface area (Å²) in [6.07, 6.45) is 3.71. The lowest BCUT2D eigenvalue weighted by Crippen LogP contribution is -2.38. The Morgan fingerprint density at radius 1 is 1.33 bits per heavy atom. The zero-order chi connectivity index (χ0) is 21.0. The molecule has 1 aliphatic heterocycles. The van der Waals surface area contributed by atoms with E-state index in [4.69, 9.17) is 10.5 Å². The number of nitrogens with two attached hydrogens (primary N) is 1. The maximum Gasteiger partial charge on any atom is 0.249 e. The lowest BCUT2D eigenvalue weighted by molar-refractivity contribution is -0.131. The molecule has 2 N–H and O–H groups in total. The molecule has 30 heavy (non-hydrogen) atoms. The first-order valence-electron chi connectivity index (χ1n) is 10.5. The van der Waals surface area contributed by atoms with E-state index >= 15 is 0 Å². The van der Waals surface area contributed by atoms with E-state index in [1.54, 1.807) is 11.0 Å². The van der Waals surface area contributed by atoms with Crippen molar-refractivity contribution in [3.05, 3.63) is 41.1 Å². The minimum Gasteiger partial charge on any atom is -0.371 e. The molecule has 7 nitrogen and oxygen atoms in total. The number of hydrogen-bond acceptors (Lipinski definition) is 5. The van der Waals surface area contributed by atoms with E-state index in [2.05, 4.69) is 11.1 Å². The molecule has 0 bridgehead atoms. The molecular weight excluding hydrogens is 380 g/mol. The number of benzene rings is 1. The predicted molar refractivity (Wildman–Crippen MR) is 109 cm³/mol. The Labute approximate surface area is 174 Å². The van der Waals surface area contributed by atoms with E-state index in [9.17, 15) is 14.9 Å². The number of pyridine rings is 1. The summed E-state index contributed by atoms with van der Waals surface area (Å²) in [6.45, 7) is 2.61. The standard InChI is InChI=1S/C23H24N4O3/c1-2-30-23(5-6-23)14-3-4-17-18(22(25)29)10-15(26-19(17)9-14)11-21(28)27-16(12-24)7-13-8-20(13)27/h3-4,9-10,13,16,20H,2,5-8,11H2,1H3,(H2,25,29)/t13-,16+,20+/m1/s1. The van der Waals surface area contributed by atoms with Crippen LogP contribution in [0.3, 0.4) is 0 Å². The van der Waals surface area contributed by atoms with Crippen LogP contribution in [0.1, 0.15) is 54.2 Å². The van der Waals surface area contributed by atoms with Crippen molar-refractivity contribution >= 4 is 22.7 Å². The van der Waals surface area contributed by atoms with E-state index in [-0.39, 0.29) is 30.0 Å². The highest BCUT2D eigenvalue weighted by Crippen LogP contribution is 2.50. The number of nitrogens with zero attached hydrogens (tertiary/aromatic N) is 3. The van der Waals surface area contributed by atoms with Crippen LogP contribution in [0.2, 0.25) is 0 Å². The maximum atomic E-state index is 13.0. The van der Waals surface area contributed by atoms with Crippen molar-refractivity contribution in [2.24, 2.45) is 11.7 Å². The summed E-state index contributed by atoms with van der Waals surface area (Å²) in [7, 11) is 0. The number of likely N-dealkylation sites (tertiary alicyclic amines) is 1. The molecule has 154 valence electrons. The van der Waals surface area contributed by atoms with Crippen LogP contribution >= 0.6 is 0 Å². The average molecular weight is 404 g/mol. The Bertz CT molecular complexity index is 1100. The van der Waals surface area contributed by atoms with Gasteiger partial charge in [0, 0.05) is 18.0 Å². The Kier molecular flexibility index (Phi) is 4.30. The quantitative estimate of drug-likeness (QED) is 0.795. The fourth-order valence-electron chi connectivity index (χ4n) is 4.94. The van der Waals surface area contributed by atoms with Gasteiger partial charge < -0.3 is 15.4 Å². The number of nitriles is 1. The lowest BCUT2D eigenvalue weighted by atomic mass is 10.0. The normalized spacial score (nSPS) is 25.6. The Hall–Kier alpha value is -2.98. The third-order valence-electron chi connectivity index (χ3n) is 6.65. The molecule has 0 radical (unpaired) electrons. The number of amides is 2. The molecule has 3 atom stereocenters. The van der Waals surface area contributed by atoms with E-state index < -0.39 is 5.91 Å². The van der Waals surface area contributed by atoms with Crippen molar-refractivity contribution < 1.29 is 14.3 Å². The molecule has 1 aromatic carbocycles. The summed E-state index contributed by atoms with van der Waals surface area (Å²) in [6, 6.07) is 9.46. The minimum absolute atomic E-state index is 0.0540. The van der Waals surface area contributed by atoms with Crippen LogP contribution in [0.15, 0.2) is 24.3 Å². The van der Waals surface area contributed by atoms with Gasteiger partial charge in [-0.2, -0.15) is 5.26 Å². The summed E-state index contributed by atoms with van der Waals surface area (Å²) < 4.78 is 5.95. The molecule has 5 rings (SSSR count). The smallest absolute Gasteiger partial charge is 0.249 e. The van der Waals surface area contributed by atoms with Crippen LogP contribution in [-0.2, 0) is 21.6 Å². The number of piperidine rings is 1. The fourth-order valence-corrected chi connectivity index (χ4v) is 4.94. The summed E-state index contributed by atoms with van der Waals surface area (Å²) in [5.41, 5.74) is 7.90. The van der Waals surface area contributed by atoms with Gasteiger partial charge in [-0.05, 0) is 56.2 Å². The topological polar surface area (TPSA) is 109 Å². The van der Waals surface area contributed by atoms with Gasteiger partial charge >= 0.3 is 0 Å². The minimum atomic E-state index is -0.548. The van der Waals surface area contributed by atoms with E-state index in [0.29, 0.717) is 34.7 Å². The van der Waals surface area contributed by atoms with Gasteiger partial charge in [0.1, 0.15) is 6.04 Å². The zero-order valence-electron chi connectivity index (χ0n) is 16.9. The van der Waals surface area contributed by atoms with Crippen LogP contribution < -0.4 is 5.73 Å². The largest absolute Gasteiger partial charge is 0.371 e. The van der Waals surface area contributed by atoms with E-state index in [0.717, 1.165) is 31.2 Å². The van der Waals surface area contributed by atoms with E-state index in [1.165, 1.54) is 0 Å². The van der Waals surface area contributed by atoms with Gasteiger partial charge in [-0.15, -0.1) is 0 Å². The first-order valence-corrected chi connectivity index (χ1v) is 10.5. The number of fused-ring (bicyclic) bond motifs is 2. The van der Waals surface area contributed by atoms with Crippen LogP contribution in [0.25, 0.3) is 10.9 Å². The monoisotopic (exact) mass is 404 g/mol. The number of carbonyl (C=O) groups is 2. The van der Waals surface area contributed by atoms with Crippen molar-refractivity contribution in [2.75, 3.05) is 6.61 Å². The zero-order valence-corrected chi connectivity index (χ0v) is 16.9. The number of carbonyl (C=O) groups excluding carboxylic acids is 2. The van der Waals surface area contributed by atoms with Crippen LogP contribution in [-0.4, -0.2) is 40.4 Å². The predicted octanol–water partition coefficient (Wildman–Crippen LogP) is 2.41. The number of ether oxygens (including phenoxy) is 1. The molecule has 2 heterocycles. The second-order valence-corrected chi connectivity index (χ2v) is 8.61. The summed E-state index contributed by atoms with van der Waals surface area (Å²) in [5.74, 6) is -0.203. The number of aromatic nitrogens is 1. The fraction of sp³-hybridized carbons (Fsp3) is 0.478. The number of rotatable bonds is 6. The third-order valence-corrected chi connectivity index (χ3v) is 6.65. The van der Waals surface area contributed by atoms with Gasteiger partial charge in [-0.1, -0.05) is 12.1 Å². The molecule has 2 aromatic rings. The molecule has 2 aliphatic carbocycles. The van der Waals surface area contributed by atoms with E-state index in [1.807, 2.05) is 25.1 Å². The highest BCUT2D eigenvalue weighted by atomic mass is 16.5. The van der Waals surface area contributed by atoms with Crippen LogP contribution in [0.5, 0.6) is 0 Å². The molecular formula is C23H24N4O3. The van der Waals surface area contributed by atoms with Gasteiger partial charge in [0.2, 0.25) is 11.8 Å². The average Bonchev–Trinajstić information content (AvgIpc) is 3.64. The molecule has 1 saturated heterocycles. The van der Waals surface area contributed by atoms with Crippen LogP contribution in [0.4, 0.5) is 0 Å². The second-order valence-electron chi connectivity index (χ2n) is 8.61. The maximum absolute atomic E-state index is 13.0. The Balaban J connectivity index is 1.49. The number of hydrogen-bond donors (Lipinski definition) is 1. The first kappa shape index (κ1) is 19.0. The molecule has 2 saturated carbocycles. The van der Waals surface area contributed by atoms with Crippen molar-refractivity contribution in [3.63, 3.8) is 0 Å². The van der Waals surface area contributed by atoms with Gasteiger partial charge in [0.15, 0.2) is 0 Å². The number of primary amides is 1. The summed E-state index contributed by atoms with van der Waals surface area (Å²) in [5, 5.41) is 10.0. The Morgan fingerprint density at radius 2 is 2.13 bits per heavy atom. The molecule has 3 fully saturated rings. The second kappa shape index (κ2) is 6.78. The molecule has 0 spiro atoms. The SMILES string of the molecule is CCOC1(c2ccc3c(C(N)=O)cc(CC(=O)N4[C@H](C#N)C[C@@H]5C[C@@H]54)nc3c2)CC1. The summed E-state index contributed by atoms with van der Waals surface area (Å²) in [4.78, 5) is 31.5. The molecule has 7 heteroatoms. The van der Waals surface area contributed by atoms with Gasteiger partial charge in [0.25, 0.3) is 0 Å². The molecule has 1 aromatic heterocycles. The molecule has 0 unspecified atom stereocenters. The third kappa shape index (κ3) is 3.03. The summed E-state index contributed by atoms with van der Waals surface area (Å²) >= 11 is 0. The first-order chi connectivity index (χ1) is 14.5. The van der Waals surface area contributed by atoms with Gasteiger partial charge in [0.05, 0.1) is 34.9 Å². The van der Waals surface area contributed by atoms with Crippen molar-refractivity contribution in [1.29, 1.82) is 5.26 Å². The Morgan fingerprint density at radius 3 is 2.80 bits per heavy atom. The van der Waals surface area contributed by atoms with Crippen molar-refractivity contribution in [2.45, 2.75) is 56.7 Å².